The topological polar surface area (TPSA) is 56.7 Å². The summed E-state index contributed by atoms with van der Waals surface area (Å²) in [5, 5.41) is 13.8. The molecule has 0 radical (unpaired) electrons. The molecule has 0 N–H and O–H groups in total. The molecule has 2 aromatic heterocycles. The molecule has 4 rings (SSSR count). The minimum Gasteiger partial charge on any atom is -0.424 e. The van der Waals surface area contributed by atoms with E-state index in [1.54, 1.807) is 6.92 Å². The Bertz CT molecular complexity index is 924. The van der Waals surface area contributed by atoms with Gasteiger partial charge in [-0.05, 0) is 6.07 Å². The Labute approximate surface area is 127 Å². The van der Waals surface area contributed by atoms with Crippen molar-refractivity contribution in [2.45, 2.75) is 13.5 Å². The van der Waals surface area contributed by atoms with Crippen LogP contribution in [-0.2, 0) is 6.54 Å². The first kappa shape index (κ1) is 12.8. The quantitative estimate of drug-likeness (QED) is 0.580. The Morgan fingerprint density at radius 3 is 2.50 bits per heavy atom. The second-order valence-electron chi connectivity index (χ2n) is 5.10. The smallest absolute Gasteiger partial charge is 0.237 e. The fourth-order valence-electron chi connectivity index (χ4n) is 2.59. The minimum absolute atomic E-state index is 0.466. The normalized spacial score (nSPS) is 11.1. The number of rotatable bonds is 3. The maximum Gasteiger partial charge on any atom is 0.237 e. The number of hydrogen-bond donors (Lipinski definition) is 0. The van der Waals surface area contributed by atoms with Crippen molar-refractivity contribution >= 4 is 10.9 Å². The Morgan fingerprint density at radius 1 is 0.955 bits per heavy atom. The van der Waals surface area contributed by atoms with Crippen molar-refractivity contribution in [3.05, 3.63) is 66.4 Å². The number of benzene rings is 2. The van der Waals surface area contributed by atoms with Gasteiger partial charge in [-0.15, -0.1) is 10.2 Å². The minimum atomic E-state index is 0.466. The van der Waals surface area contributed by atoms with Crippen LogP contribution < -0.4 is 0 Å². The molecule has 22 heavy (non-hydrogen) atoms. The number of para-hydroxylation sites is 1. The van der Waals surface area contributed by atoms with Gasteiger partial charge in [0.05, 0.1) is 5.52 Å². The van der Waals surface area contributed by atoms with E-state index in [4.69, 9.17) is 9.52 Å². The highest BCUT2D eigenvalue weighted by molar-refractivity contribution is 5.93. The van der Waals surface area contributed by atoms with Gasteiger partial charge in [0.15, 0.2) is 0 Å². The summed E-state index contributed by atoms with van der Waals surface area (Å²) < 4.78 is 7.38. The summed E-state index contributed by atoms with van der Waals surface area (Å²) >= 11 is 0. The fraction of sp³-hybridized carbons (Fsp3) is 0.118. The highest BCUT2D eigenvalue weighted by atomic mass is 16.4. The van der Waals surface area contributed by atoms with Gasteiger partial charge in [-0.3, -0.25) is 4.68 Å². The van der Waals surface area contributed by atoms with E-state index in [-0.39, 0.29) is 0 Å². The van der Waals surface area contributed by atoms with Gasteiger partial charge in [-0.1, -0.05) is 48.5 Å². The van der Waals surface area contributed by atoms with E-state index in [0.29, 0.717) is 18.3 Å². The van der Waals surface area contributed by atoms with Crippen LogP contribution in [0.2, 0.25) is 0 Å². The van der Waals surface area contributed by atoms with Gasteiger partial charge in [0, 0.05) is 17.9 Å². The predicted octanol–water partition coefficient (Wildman–Crippen LogP) is 3.44. The number of fused-ring (bicyclic) bond motifs is 1. The highest BCUT2D eigenvalue weighted by Gasteiger charge is 2.13. The molecule has 0 aliphatic heterocycles. The molecule has 0 spiro atoms. The molecule has 0 fully saturated rings. The van der Waals surface area contributed by atoms with Crippen LogP contribution in [-0.4, -0.2) is 20.0 Å². The van der Waals surface area contributed by atoms with Crippen LogP contribution in [0.4, 0.5) is 0 Å². The molecule has 0 bridgehead atoms. The van der Waals surface area contributed by atoms with E-state index < -0.39 is 0 Å². The number of hydrogen-bond acceptors (Lipinski definition) is 4. The molecule has 5 heteroatoms. The standard InChI is InChI=1S/C17H14N4O/c1-12-18-19-16(22-12)11-21-15-10-6-5-9-14(15)17(20-21)13-7-3-2-4-8-13/h2-10H,11H2,1H3. The first-order valence-corrected chi connectivity index (χ1v) is 7.11. The van der Waals surface area contributed by atoms with Crippen molar-refractivity contribution in [1.29, 1.82) is 0 Å². The van der Waals surface area contributed by atoms with Crippen LogP contribution in [0.25, 0.3) is 22.2 Å². The van der Waals surface area contributed by atoms with Crippen molar-refractivity contribution < 1.29 is 4.42 Å². The van der Waals surface area contributed by atoms with Crippen molar-refractivity contribution in [3.8, 4) is 11.3 Å². The number of aromatic nitrogens is 4. The zero-order valence-corrected chi connectivity index (χ0v) is 12.1. The largest absolute Gasteiger partial charge is 0.424 e. The van der Waals surface area contributed by atoms with Crippen LogP contribution >= 0.6 is 0 Å². The lowest BCUT2D eigenvalue weighted by Crippen LogP contribution is -2.02. The Hall–Kier alpha value is -2.95. The maximum absolute atomic E-state index is 5.47. The van der Waals surface area contributed by atoms with Crippen LogP contribution in [0, 0.1) is 6.92 Å². The van der Waals surface area contributed by atoms with E-state index in [1.165, 1.54) is 0 Å². The van der Waals surface area contributed by atoms with Crippen molar-refractivity contribution in [3.63, 3.8) is 0 Å². The number of aryl methyl sites for hydroxylation is 1. The van der Waals surface area contributed by atoms with Gasteiger partial charge in [0.1, 0.15) is 12.2 Å². The lowest BCUT2D eigenvalue weighted by Gasteiger charge is -1.98. The molecular weight excluding hydrogens is 276 g/mol. The Kier molecular flexibility index (Phi) is 2.96. The molecule has 4 aromatic rings. The molecule has 0 unspecified atom stereocenters. The van der Waals surface area contributed by atoms with Crippen molar-refractivity contribution in [1.82, 2.24) is 20.0 Å². The highest BCUT2D eigenvalue weighted by Crippen LogP contribution is 2.28. The van der Waals surface area contributed by atoms with Gasteiger partial charge < -0.3 is 4.42 Å². The van der Waals surface area contributed by atoms with Crippen LogP contribution in [0.15, 0.2) is 59.0 Å². The lowest BCUT2D eigenvalue weighted by molar-refractivity contribution is 0.448. The Balaban J connectivity index is 1.86. The summed E-state index contributed by atoms with van der Waals surface area (Å²) in [4.78, 5) is 0. The van der Waals surface area contributed by atoms with E-state index in [9.17, 15) is 0 Å². The maximum atomic E-state index is 5.47. The molecule has 0 aliphatic carbocycles. The summed E-state index contributed by atoms with van der Waals surface area (Å²) in [7, 11) is 0. The average Bonchev–Trinajstić information content (AvgIpc) is 3.13. The average molecular weight is 290 g/mol. The monoisotopic (exact) mass is 290 g/mol. The van der Waals surface area contributed by atoms with E-state index in [2.05, 4.69) is 34.5 Å². The third kappa shape index (κ3) is 2.16. The van der Waals surface area contributed by atoms with Gasteiger partial charge in [0.2, 0.25) is 11.8 Å². The third-order valence-corrected chi connectivity index (χ3v) is 3.56. The molecule has 5 nitrogen and oxygen atoms in total. The molecule has 2 heterocycles. The van der Waals surface area contributed by atoms with Gasteiger partial charge in [-0.2, -0.15) is 5.10 Å². The lowest BCUT2D eigenvalue weighted by atomic mass is 10.1. The molecule has 2 aromatic carbocycles. The predicted molar refractivity (Wildman–Crippen MR) is 83.3 cm³/mol. The first-order chi connectivity index (χ1) is 10.8. The van der Waals surface area contributed by atoms with Gasteiger partial charge >= 0.3 is 0 Å². The summed E-state index contributed by atoms with van der Waals surface area (Å²) in [6.45, 7) is 2.25. The van der Waals surface area contributed by atoms with E-state index in [0.717, 1.165) is 22.2 Å². The molecule has 0 saturated carbocycles. The molecule has 0 saturated heterocycles. The SMILES string of the molecule is Cc1nnc(Cn2nc(-c3ccccc3)c3ccccc32)o1. The van der Waals surface area contributed by atoms with Crippen LogP contribution in [0.3, 0.4) is 0 Å². The molecule has 0 amide bonds. The Morgan fingerprint density at radius 2 is 1.73 bits per heavy atom. The summed E-state index contributed by atoms with van der Waals surface area (Å²) in [5.41, 5.74) is 3.11. The summed E-state index contributed by atoms with van der Waals surface area (Å²) in [5.74, 6) is 1.13. The van der Waals surface area contributed by atoms with Crippen molar-refractivity contribution in [2.24, 2.45) is 0 Å². The van der Waals surface area contributed by atoms with Crippen molar-refractivity contribution in [2.75, 3.05) is 0 Å². The van der Waals surface area contributed by atoms with Crippen LogP contribution in [0.1, 0.15) is 11.8 Å². The first-order valence-electron chi connectivity index (χ1n) is 7.11. The van der Waals surface area contributed by atoms with Gasteiger partial charge in [0.25, 0.3) is 0 Å². The summed E-state index contributed by atoms with van der Waals surface area (Å²) in [6.07, 6.45) is 0. The second-order valence-corrected chi connectivity index (χ2v) is 5.10. The van der Waals surface area contributed by atoms with E-state index >= 15 is 0 Å². The fourth-order valence-corrected chi connectivity index (χ4v) is 2.59. The molecule has 0 aliphatic rings. The van der Waals surface area contributed by atoms with Crippen LogP contribution in [0.5, 0.6) is 0 Å². The zero-order chi connectivity index (χ0) is 14.9. The number of nitrogens with zero attached hydrogens (tertiary/aromatic N) is 4. The zero-order valence-electron chi connectivity index (χ0n) is 12.1. The molecule has 108 valence electrons. The van der Waals surface area contributed by atoms with E-state index in [1.807, 2.05) is 35.0 Å². The van der Waals surface area contributed by atoms with Gasteiger partial charge in [-0.25, -0.2) is 0 Å². The summed E-state index contributed by atoms with van der Waals surface area (Å²) in [6, 6.07) is 18.3. The third-order valence-electron chi connectivity index (χ3n) is 3.56. The molecule has 0 atom stereocenters. The molecular formula is C17H14N4O. The second kappa shape index (κ2) is 5.11.